The largest absolute Gasteiger partial charge is 0.445 e. The van der Waals surface area contributed by atoms with Crippen LogP contribution in [-0.4, -0.2) is 30.0 Å². The molecule has 1 fully saturated rings. The lowest BCUT2D eigenvalue weighted by Gasteiger charge is -2.25. The molecule has 1 saturated carbocycles. The summed E-state index contributed by atoms with van der Waals surface area (Å²) in [6.07, 6.45) is 4.10. The Hall–Kier alpha value is -1.03. The molecule has 0 unspecified atom stereocenters. The Kier molecular flexibility index (Phi) is 4.46. The fourth-order valence-corrected chi connectivity index (χ4v) is 1.56. The SMILES string of the molecule is C=CCOC(=O)NC1CCC(O)CC1. The molecule has 4 nitrogen and oxygen atoms in total. The third-order valence-electron chi connectivity index (χ3n) is 2.35. The van der Waals surface area contributed by atoms with Crippen molar-refractivity contribution in [3.05, 3.63) is 12.7 Å². The van der Waals surface area contributed by atoms with Gasteiger partial charge in [0.1, 0.15) is 6.61 Å². The molecule has 0 aromatic rings. The summed E-state index contributed by atoms with van der Waals surface area (Å²) in [6, 6.07) is 0.149. The molecule has 0 atom stereocenters. The minimum atomic E-state index is -0.397. The van der Waals surface area contributed by atoms with Gasteiger partial charge in [-0.3, -0.25) is 0 Å². The van der Waals surface area contributed by atoms with Crippen LogP contribution in [0.15, 0.2) is 12.7 Å². The monoisotopic (exact) mass is 199 g/mol. The highest BCUT2D eigenvalue weighted by Crippen LogP contribution is 2.18. The van der Waals surface area contributed by atoms with Gasteiger partial charge in [0.15, 0.2) is 0 Å². The molecule has 2 N–H and O–H groups in total. The van der Waals surface area contributed by atoms with E-state index < -0.39 is 6.09 Å². The molecule has 0 spiro atoms. The number of carbonyl (C=O) groups excluding carboxylic acids is 1. The summed E-state index contributed by atoms with van der Waals surface area (Å²) in [4.78, 5) is 11.1. The van der Waals surface area contributed by atoms with Crippen molar-refractivity contribution < 1.29 is 14.6 Å². The third-order valence-corrected chi connectivity index (χ3v) is 2.35. The number of ether oxygens (including phenoxy) is 1. The lowest BCUT2D eigenvalue weighted by atomic mass is 9.93. The quantitative estimate of drug-likeness (QED) is 0.671. The number of amides is 1. The Labute approximate surface area is 83.9 Å². The Balaban J connectivity index is 2.17. The van der Waals surface area contributed by atoms with Crippen LogP contribution in [0, 0.1) is 0 Å². The van der Waals surface area contributed by atoms with Gasteiger partial charge in [-0.1, -0.05) is 12.7 Å². The van der Waals surface area contributed by atoms with Gasteiger partial charge >= 0.3 is 6.09 Å². The van der Waals surface area contributed by atoms with Gasteiger partial charge in [0.25, 0.3) is 0 Å². The van der Waals surface area contributed by atoms with Crippen LogP contribution >= 0.6 is 0 Å². The summed E-state index contributed by atoms with van der Waals surface area (Å²) in [5, 5.41) is 12.0. The van der Waals surface area contributed by atoms with Crippen LogP contribution in [0.25, 0.3) is 0 Å². The second kappa shape index (κ2) is 5.65. The molecule has 1 amide bonds. The molecular weight excluding hydrogens is 182 g/mol. The number of nitrogens with one attached hydrogen (secondary N) is 1. The fraction of sp³-hybridized carbons (Fsp3) is 0.700. The summed E-state index contributed by atoms with van der Waals surface area (Å²) in [5.74, 6) is 0. The topological polar surface area (TPSA) is 58.6 Å². The van der Waals surface area contributed by atoms with Crippen molar-refractivity contribution in [1.29, 1.82) is 0 Å². The zero-order valence-electron chi connectivity index (χ0n) is 8.24. The molecular formula is C10H17NO3. The van der Waals surface area contributed by atoms with E-state index in [1.165, 1.54) is 6.08 Å². The van der Waals surface area contributed by atoms with Crippen molar-refractivity contribution in [3.63, 3.8) is 0 Å². The van der Waals surface area contributed by atoms with E-state index in [-0.39, 0.29) is 18.8 Å². The molecule has 0 bridgehead atoms. The molecule has 1 rings (SSSR count). The highest BCUT2D eigenvalue weighted by atomic mass is 16.5. The molecule has 1 aliphatic rings. The molecule has 0 aliphatic heterocycles. The predicted octanol–water partition coefficient (Wildman–Crippen LogP) is 1.20. The standard InChI is InChI=1S/C10H17NO3/c1-2-7-14-10(13)11-8-3-5-9(12)6-4-8/h2,8-9,12H,1,3-7H2,(H,11,13). The van der Waals surface area contributed by atoms with E-state index in [1.54, 1.807) is 0 Å². The van der Waals surface area contributed by atoms with Crippen LogP contribution in [0.2, 0.25) is 0 Å². The number of aliphatic hydroxyl groups excluding tert-OH is 1. The summed E-state index contributed by atoms with van der Waals surface area (Å²) in [7, 11) is 0. The van der Waals surface area contributed by atoms with Crippen molar-refractivity contribution in [3.8, 4) is 0 Å². The van der Waals surface area contributed by atoms with E-state index in [0.29, 0.717) is 0 Å². The number of rotatable bonds is 3. The first kappa shape index (κ1) is 11.0. The first-order valence-electron chi connectivity index (χ1n) is 4.94. The first-order chi connectivity index (χ1) is 6.72. The van der Waals surface area contributed by atoms with Gasteiger partial charge < -0.3 is 15.2 Å². The van der Waals surface area contributed by atoms with E-state index in [2.05, 4.69) is 11.9 Å². The summed E-state index contributed by atoms with van der Waals surface area (Å²) in [6.45, 7) is 3.69. The van der Waals surface area contributed by atoms with E-state index in [4.69, 9.17) is 4.74 Å². The second-order valence-corrected chi connectivity index (χ2v) is 3.54. The van der Waals surface area contributed by atoms with E-state index in [0.717, 1.165) is 25.7 Å². The Morgan fingerprint density at radius 3 is 2.71 bits per heavy atom. The van der Waals surface area contributed by atoms with Crippen molar-refractivity contribution in [2.24, 2.45) is 0 Å². The highest BCUT2D eigenvalue weighted by molar-refractivity contribution is 5.67. The average Bonchev–Trinajstić information content (AvgIpc) is 2.18. The smallest absolute Gasteiger partial charge is 0.407 e. The maximum Gasteiger partial charge on any atom is 0.407 e. The fourth-order valence-electron chi connectivity index (χ4n) is 1.56. The van der Waals surface area contributed by atoms with Gasteiger partial charge in [0.2, 0.25) is 0 Å². The van der Waals surface area contributed by atoms with Crippen LogP contribution in [0.4, 0.5) is 4.79 Å². The van der Waals surface area contributed by atoms with Crippen LogP contribution in [0.1, 0.15) is 25.7 Å². The van der Waals surface area contributed by atoms with Crippen molar-refractivity contribution >= 4 is 6.09 Å². The van der Waals surface area contributed by atoms with Crippen molar-refractivity contribution in [2.45, 2.75) is 37.8 Å². The number of carbonyl (C=O) groups is 1. The van der Waals surface area contributed by atoms with Gasteiger partial charge in [0, 0.05) is 6.04 Å². The normalized spacial score (nSPS) is 26.6. The van der Waals surface area contributed by atoms with E-state index in [9.17, 15) is 9.90 Å². The Morgan fingerprint density at radius 1 is 1.50 bits per heavy atom. The average molecular weight is 199 g/mol. The summed E-state index contributed by atoms with van der Waals surface area (Å²) < 4.78 is 4.79. The number of hydrogen-bond donors (Lipinski definition) is 2. The Bertz CT molecular complexity index is 198. The molecule has 1 aliphatic carbocycles. The first-order valence-corrected chi connectivity index (χ1v) is 4.94. The lowest BCUT2D eigenvalue weighted by Crippen LogP contribution is -2.38. The van der Waals surface area contributed by atoms with Gasteiger partial charge in [0.05, 0.1) is 6.10 Å². The molecule has 0 aromatic heterocycles. The molecule has 0 heterocycles. The zero-order chi connectivity index (χ0) is 10.4. The molecule has 14 heavy (non-hydrogen) atoms. The maximum absolute atomic E-state index is 11.1. The van der Waals surface area contributed by atoms with Crippen LogP contribution in [-0.2, 0) is 4.74 Å². The summed E-state index contributed by atoms with van der Waals surface area (Å²) in [5.41, 5.74) is 0. The minimum Gasteiger partial charge on any atom is -0.445 e. The van der Waals surface area contributed by atoms with Gasteiger partial charge in [-0.15, -0.1) is 0 Å². The van der Waals surface area contributed by atoms with Crippen molar-refractivity contribution in [2.75, 3.05) is 6.61 Å². The number of aliphatic hydroxyl groups is 1. The predicted molar refractivity (Wildman–Crippen MR) is 52.9 cm³/mol. The third kappa shape index (κ3) is 3.79. The molecule has 80 valence electrons. The van der Waals surface area contributed by atoms with Crippen LogP contribution in [0.5, 0.6) is 0 Å². The lowest BCUT2D eigenvalue weighted by molar-refractivity contribution is 0.109. The van der Waals surface area contributed by atoms with E-state index in [1.807, 2.05) is 0 Å². The second-order valence-electron chi connectivity index (χ2n) is 3.54. The molecule has 4 heteroatoms. The van der Waals surface area contributed by atoms with Crippen LogP contribution < -0.4 is 5.32 Å². The van der Waals surface area contributed by atoms with Gasteiger partial charge in [-0.25, -0.2) is 4.79 Å². The van der Waals surface area contributed by atoms with Gasteiger partial charge in [-0.05, 0) is 25.7 Å². The number of hydrogen-bond acceptors (Lipinski definition) is 3. The van der Waals surface area contributed by atoms with Gasteiger partial charge in [-0.2, -0.15) is 0 Å². The molecule has 0 saturated heterocycles. The molecule has 0 radical (unpaired) electrons. The Morgan fingerprint density at radius 2 is 2.14 bits per heavy atom. The van der Waals surface area contributed by atoms with Crippen molar-refractivity contribution in [1.82, 2.24) is 5.32 Å². The zero-order valence-corrected chi connectivity index (χ0v) is 8.24. The van der Waals surface area contributed by atoms with E-state index >= 15 is 0 Å². The molecule has 0 aromatic carbocycles. The maximum atomic E-state index is 11.1. The van der Waals surface area contributed by atoms with Crippen LogP contribution in [0.3, 0.4) is 0 Å². The minimum absolute atomic E-state index is 0.149. The highest BCUT2D eigenvalue weighted by Gasteiger charge is 2.20. The summed E-state index contributed by atoms with van der Waals surface area (Å²) >= 11 is 0. The number of alkyl carbamates (subject to hydrolysis) is 1.